The monoisotopic (exact) mass is 273 g/mol. The number of carbonyl (C=O) groups excluding carboxylic acids is 1. The number of benzene rings is 1. The first-order valence-corrected chi connectivity index (χ1v) is 7.50. The second-order valence-corrected chi connectivity index (χ2v) is 6.06. The maximum Gasteiger partial charge on any atom is 0.234 e. The van der Waals surface area contributed by atoms with Crippen molar-refractivity contribution < 1.29 is 4.79 Å². The highest BCUT2D eigenvalue weighted by atomic mass is 16.2. The molecular formula is C16H23N3O. The minimum Gasteiger partial charge on any atom is -0.371 e. The topological polar surface area (TPSA) is 49.6 Å². The first kappa shape index (κ1) is 13.4. The van der Waals surface area contributed by atoms with Crippen molar-refractivity contribution in [2.75, 3.05) is 36.5 Å². The zero-order valence-electron chi connectivity index (χ0n) is 12.1. The minimum absolute atomic E-state index is 0.234. The van der Waals surface area contributed by atoms with Crippen molar-refractivity contribution in [2.24, 2.45) is 11.1 Å². The van der Waals surface area contributed by atoms with E-state index in [1.54, 1.807) is 0 Å². The van der Waals surface area contributed by atoms with Crippen LogP contribution in [0.2, 0.25) is 0 Å². The highest BCUT2D eigenvalue weighted by Gasteiger charge is 2.43. The summed E-state index contributed by atoms with van der Waals surface area (Å²) in [5.74, 6) is 0.234. The maximum atomic E-state index is 13.1. The molecule has 3 rings (SSSR count). The lowest BCUT2D eigenvalue weighted by atomic mass is 9.84. The van der Waals surface area contributed by atoms with Crippen molar-refractivity contribution in [1.82, 2.24) is 0 Å². The first-order chi connectivity index (χ1) is 9.68. The Labute approximate surface area is 120 Å². The molecule has 2 N–H and O–H groups in total. The van der Waals surface area contributed by atoms with Gasteiger partial charge in [-0.05, 0) is 25.0 Å². The molecule has 0 atom stereocenters. The second kappa shape index (κ2) is 5.09. The Morgan fingerprint density at radius 1 is 1.20 bits per heavy atom. The van der Waals surface area contributed by atoms with Gasteiger partial charge in [0, 0.05) is 26.7 Å². The van der Waals surface area contributed by atoms with Gasteiger partial charge in [-0.1, -0.05) is 25.0 Å². The van der Waals surface area contributed by atoms with E-state index in [9.17, 15) is 4.79 Å². The van der Waals surface area contributed by atoms with E-state index in [0.29, 0.717) is 6.54 Å². The number of carbonyl (C=O) groups is 1. The lowest BCUT2D eigenvalue weighted by molar-refractivity contribution is -0.127. The van der Waals surface area contributed by atoms with Crippen LogP contribution in [0.15, 0.2) is 24.3 Å². The van der Waals surface area contributed by atoms with Crippen LogP contribution in [0.4, 0.5) is 11.4 Å². The zero-order chi connectivity index (χ0) is 14.2. The van der Waals surface area contributed by atoms with Gasteiger partial charge in [-0.2, -0.15) is 0 Å². The molecule has 2 aliphatic rings. The van der Waals surface area contributed by atoms with E-state index in [2.05, 4.69) is 18.0 Å². The van der Waals surface area contributed by atoms with Gasteiger partial charge in [-0.15, -0.1) is 0 Å². The number of nitrogens with zero attached hydrogens (tertiary/aromatic N) is 2. The molecule has 1 fully saturated rings. The number of anilines is 2. The predicted molar refractivity (Wildman–Crippen MR) is 82.0 cm³/mol. The summed E-state index contributed by atoms with van der Waals surface area (Å²) in [6, 6.07) is 8.15. The van der Waals surface area contributed by atoms with Gasteiger partial charge in [0.2, 0.25) is 5.91 Å². The van der Waals surface area contributed by atoms with Crippen LogP contribution in [0.5, 0.6) is 0 Å². The van der Waals surface area contributed by atoms with Crippen molar-refractivity contribution in [3.05, 3.63) is 24.3 Å². The lowest BCUT2D eigenvalue weighted by Gasteiger charge is -2.40. The van der Waals surface area contributed by atoms with Gasteiger partial charge in [0.05, 0.1) is 16.8 Å². The van der Waals surface area contributed by atoms with Gasteiger partial charge in [0.25, 0.3) is 0 Å². The Kier molecular flexibility index (Phi) is 3.42. The average Bonchev–Trinajstić information content (AvgIpc) is 2.97. The molecule has 0 aromatic heterocycles. The number of hydrogen-bond donors (Lipinski definition) is 1. The molecule has 1 saturated carbocycles. The number of nitrogens with two attached hydrogens (primary N) is 1. The fourth-order valence-corrected chi connectivity index (χ4v) is 3.56. The average molecular weight is 273 g/mol. The number of fused-ring (bicyclic) bond motifs is 1. The molecule has 0 radical (unpaired) electrons. The molecule has 0 bridgehead atoms. The van der Waals surface area contributed by atoms with Crippen LogP contribution in [0.25, 0.3) is 0 Å². The molecule has 1 aromatic carbocycles. The van der Waals surface area contributed by atoms with Crippen LogP contribution >= 0.6 is 0 Å². The Morgan fingerprint density at radius 2 is 1.85 bits per heavy atom. The summed E-state index contributed by atoms with van der Waals surface area (Å²) < 4.78 is 0. The van der Waals surface area contributed by atoms with Gasteiger partial charge >= 0.3 is 0 Å². The Morgan fingerprint density at radius 3 is 2.50 bits per heavy atom. The van der Waals surface area contributed by atoms with E-state index >= 15 is 0 Å². The molecule has 20 heavy (non-hydrogen) atoms. The Balaban J connectivity index is 1.95. The molecule has 1 aliphatic heterocycles. The molecule has 1 amide bonds. The molecule has 1 aliphatic carbocycles. The van der Waals surface area contributed by atoms with Gasteiger partial charge in [0.15, 0.2) is 0 Å². The van der Waals surface area contributed by atoms with Gasteiger partial charge in [-0.3, -0.25) is 4.79 Å². The molecule has 0 unspecified atom stereocenters. The molecule has 0 saturated heterocycles. The largest absolute Gasteiger partial charge is 0.371 e. The number of likely N-dealkylation sites (N-methyl/N-ethyl adjacent to an activating group) is 1. The third-order valence-corrected chi connectivity index (χ3v) is 4.89. The van der Waals surface area contributed by atoms with Crippen LogP contribution in [0.1, 0.15) is 25.7 Å². The SMILES string of the molecule is CN1CCN(C(=O)C2(CN)CCCC2)c2ccccc21. The van der Waals surface area contributed by atoms with Crippen LogP contribution < -0.4 is 15.5 Å². The zero-order valence-corrected chi connectivity index (χ0v) is 12.1. The number of para-hydroxylation sites is 2. The Hall–Kier alpha value is -1.55. The van der Waals surface area contributed by atoms with Crippen LogP contribution in [0.3, 0.4) is 0 Å². The Bertz CT molecular complexity index is 508. The van der Waals surface area contributed by atoms with Crippen LogP contribution in [-0.4, -0.2) is 32.6 Å². The quantitative estimate of drug-likeness (QED) is 0.896. The highest BCUT2D eigenvalue weighted by Crippen LogP contribution is 2.42. The summed E-state index contributed by atoms with van der Waals surface area (Å²) in [6.07, 6.45) is 4.13. The molecule has 1 aromatic rings. The fourth-order valence-electron chi connectivity index (χ4n) is 3.56. The van der Waals surface area contributed by atoms with Crippen molar-refractivity contribution in [3.8, 4) is 0 Å². The van der Waals surface area contributed by atoms with Crippen molar-refractivity contribution in [1.29, 1.82) is 0 Å². The van der Waals surface area contributed by atoms with Crippen LogP contribution in [0, 0.1) is 5.41 Å². The summed E-state index contributed by atoms with van der Waals surface area (Å²) in [4.78, 5) is 17.2. The van der Waals surface area contributed by atoms with E-state index in [1.165, 1.54) is 0 Å². The summed E-state index contributed by atoms with van der Waals surface area (Å²) >= 11 is 0. The van der Waals surface area contributed by atoms with Gasteiger partial charge in [0.1, 0.15) is 0 Å². The molecule has 0 spiro atoms. The van der Waals surface area contributed by atoms with E-state index in [4.69, 9.17) is 5.73 Å². The number of hydrogen-bond acceptors (Lipinski definition) is 3. The lowest BCUT2D eigenvalue weighted by Crippen LogP contribution is -2.51. The smallest absolute Gasteiger partial charge is 0.234 e. The third kappa shape index (κ3) is 1.99. The van der Waals surface area contributed by atoms with Crippen molar-refractivity contribution in [3.63, 3.8) is 0 Å². The number of amides is 1. The van der Waals surface area contributed by atoms with E-state index in [-0.39, 0.29) is 11.3 Å². The van der Waals surface area contributed by atoms with E-state index in [0.717, 1.165) is 50.1 Å². The number of rotatable bonds is 2. The second-order valence-electron chi connectivity index (χ2n) is 6.06. The maximum absolute atomic E-state index is 13.1. The van der Waals surface area contributed by atoms with E-state index < -0.39 is 0 Å². The standard InChI is InChI=1S/C16H23N3O/c1-18-10-11-19(14-7-3-2-6-13(14)18)15(20)16(12-17)8-4-5-9-16/h2-3,6-7H,4-5,8-12,17H2,1H3. The van der Waals surface area contributed by atoms with Gasteiger partial charge in [-0.25, -0.2) is 0 Å². The van der Waals surface area contributed by atoms with Crippen molar-refractivity contribution in [2.45, 2.75) is 25.7 Å². The third-order valence-electron chi connectivity index (χ3n) is 4.89. The molecule has 4 heteroatoms. The van der Waals surface area contributed by atoms with Gasteiger partial charge < -0.3 is 15.5 Å². The molecule has 1 heterocycles. The normalized spacial score (nSPS) is 20.9. The summed E-state index contributed by atoms with van der Waals surface area (Å²) in [5, 5.41) is 0. The summed E-state index contributed by atoms with van der Waals surface area (Å²) in [7, 11) is 2.08. The van der Waals surface area contributed by atoms with Crippen molar-refractivity contribution >= 4 is 17.3 Å². The predicted octanol–water partition coefficient (Wildman–Crippen LogP) is 1.99. The van der Waals surface area contributed by atoms with E-state index in [1.807, 2.05) is 23.1 Å². The fraction of sp³-hybridized carbons (Fsp3) is 0.562. The molecule has 108 valence electrons. The first-order valence-electron chi connectivity index (χ1n) is 7.50. The molecular weight excluding hydrogens is 250 g/mol. The highest BCUT2D eigenvalue weighted by molar-refractivity contribution is 6.01. The molecule has 4 nitrogen and oxygen atoms in total. The minimum atomic E-state index is -0.316. The van der Waals surface area contributed by atoms with Crippen LogP contribution in [-0.2, 0) is 4.79 Å². The summed E-state index contributed by atoms with van der Waals surface area (Å²) in [6.45, 7) is 2.11. The summed E-state index contributed by atoms with van der Waals surface area (Å²) in [5.41, 5.74) is 7.82.